The van der Waals surface area contributed by atoms with Crippen molar-refractivity contribution in [2.75, 3.05) is 18.8 Å². The van der Waals surface area contributed by atoms with Gasteiger partial charge in [-0.2, -0.15) is 0 Å². The van der Waals surface area contributed by atoms with Crippen LogP contribution in [0.2, 0.25) is 5.02 Å². The van der Waals surface area contributed by atoms with Gasteiger partial charge in [0.15, 0.2) is 0 Å². The number of likely N-dealkylation sites (tertiary alicyclic amines) is 1. The maximum Gasteiger partial charge on any atom is 0.255 e. The van der Waals surface area contributed by atoms with Gasteiger partial charge in [0.2, 0.25) is 5.91 Å². The van der Waals surface area contributed by atoms with Gasteiger partial charge >= 0.3 is 0 Å². The summed E-state index contributed by atoms with van der Waals surface area (Å²) in [7, 11) is 0. The highest BCUT2D eigenvalue weighted by atomic mass is 35.5. The fraction of sp³-hybridized carbons (Fsp3) is 0.385. The van der Waals surface area contributed by atoms with Crippen LogP contribution in [0.3, 0.4) is 0 Å². The third-order valence-electron chi connectivity index (χ3n) is 3.41. The number of primary amides is 1. The molecule has 0 spiro atoms. The first kappa shape index (κ1) is 13.7. The Hall–Kier alpha value is -1.75. The largest absolute Gasteiger partial charge is 0.399 e. The van der Waals surface area contributed by atoms with Crippen LogP contribution in [-0.4, -0.2) is 29.8 Å². The van der Waals surface area contributed by atoms with Gasteiger partial charge in [0, 0.05) is 24.7 Å². The van der Waals surface area contributed by atoms with Crippen LogP contribution in [0.1, 0.15) is 23.2 Å². The SMILES string of the molecule is NC(=O)C1CCN(C(=O)c2cc(N)ccc2Cl)CC1. The van der Waals surface area contributed by atoms with Gasteiger partial charge in [-0.25, -0.2) is 0 Å². The molecule has 1 aliphatic heterocycles. The Morgan fingerprint density at radius 2 is 1.89 bits per heavy atom. The zero-order valence-electron chi connectivity index (χ0n) is 10.4. The van der Waals surface area contributed by atoms with E-state index in [2.05, 4.69) is 0 Å². The number of nitrogen functional groups attached to an aromatic ring is 1. The first-order valence-corrected chi connectivity index (χ1v) is 6.50. The molecule has 2 rings (SSSR count). The molecule has 1 aromatic carbocycles. The molecule has 0 bridgehead atoms. The van der Waals surface area contributed by atoms with Crippen LogP contribution in [0.4, 0.5) is 5.69 Å². The molecule has 0 atom stereocenters. The lowest BCUT2D eigenvalue weighted by Crippen LogP contribution is -2.41. The zero-order chi connectivity index (χ0) is 14.0. The number of carbonyl (C=O) groups excluding carboxylic acids is 2. The van der Waals surface area contributed by atoms with E-state index >= 15 is 0 Å². The summed E-state index contributed by atoms with van der Waals surface area (Å²) in [6.45, 7) is 1.02. The van der Waals surface area contributed by atoms with E-state index < -0.39 is 0 Å². The summed E-state index contributed by atoms with van der Waals surface area (Å²) in [4.78, 5) is 25.1. The quantitative estimate of drug-likeness (QED) is 0.800. The monoisotopic (exact) mass is 281 g/mol. The number of benzene rings is 1. The summed E-state index contributed by atoms with van der Waals surface area (Å²) < 4.78 is 0. The van der Waals surface area contributed by atoms with Gasteiger partial charge in [-0.3, -0.25) is 9.59 Å². The maximum atomic E-state index is 12.3. The predicted molar refractivity (Wildman–Crippen MR) is 73.7 cm³/mol. The number of anilines is 1. The maximum absolute atomic E-state index is 12.3. The van der Waals surface area contributed by atoms with Crippen LogP contribution in [-0.2, 0) is 4.79 Å². The van der Waals surface area contributed by atoms with E-state index in [1.807, 2.05) is 0 Å². The molecule has 4 N–H and O–H groups in total. The summed E-state index contributed by atoms with van der Waals surface area (Å²) in [5.74, 6) is -0.588. The van der Waals surface area contributed by atoms with Crippen molar-refractivity contribution in [3.05, 3.63) is 28.8 Å². The summed E-state index contributed by atoms with van der Waals surface area (Å²) in [6, 6.07) is 4.84. The molecule has 2 amide bonds. The van der Waals surface area contributed by atoms with Crippen molar-refractivity contribution in [3.63, 3.8) is 0 Å². The Kier molecular flexibility index (Phi) is 3.95. The van der Waals surface area contributed by atoms with Crippen molar-refractivity contribution < 1.29 is 9.59 Å². The predicted octanol–water partition coefficient (Wildman–Crippen LogP) is 1.26. The van der Waals surface area contributed by atoms with Crippen LogP contribution in [0.25, 0.3) is 0 Å². The average molecular weight is 282 g/mol. The summed E-state index contributed by atoms with van der Waals surface area (Å²) in [5.41, 5.74) is 11.8. The van der Waals surface area contributed by atoms with Gasteiger partial charge in [-0.15, -0.1) is 0 Å². The number of hydrogen-bond acceptors (Lipinski definition) is 3. The van der Waals surface area contributed by atoms with Crippen molar-refractivity contribution in [1.29, 1.82) is 0 Å². The van der Waals surface area contributed by atoms with Crippen LogP contribution in [0.5, 0.6) is 0 Å². The zero-order valence-corrected chi connectivity index (χ0v) is 11.2. The molecule has 0 aliphatic carbocycles. The number of carbonyl (C=O) groups is 2. The molecule has 1 aromatic rings. The number of halogens is 1. The first-order valence-electron chi connectivity index (χ1n) is 6.12. The number of nitrogens with two attached hydrogens (primary N) is 2. The summed E-state index contributed by atoms with van der Waals surface area (Å²) >= 11 is 6.01. The van der Waals surface area contributed by atoms with E-state index in [1.165, 1.54) is 0 Å². The normalized spacial score (nSPS) is 16.4. The first-order chi connectivity index (χ1) is 8.99. The molecule has 0 unspecified atom stereocenters. The standard InChI is InChI=1S/C13H16ClN3O2/c14-11-2-1-9(15)7-10(11)13(19)17-5-3-8(4-6-17)12(16)18/h1-2,7-8H,3-6,15H2,(H2,16,18). The minimum absolute atomic E-state index is 0.139. The number of rotatable bonds is 2. The molecule has 0 saturated carbocycles. The minimum atomic E-state index is -0.297. The molecular weight excluding hydrogens is 266 g/mol. The minimum Gasteiger partial charge on any atom is -0.399 e. The van der Waals surface area contributed by atoms with Crippen molar-refractivity contribution in [3.8, 4) is 0 Å². The fourth-order valence-electron chi connectivity index (χ4n) is 2.24. The summed E-state index contributed by atoms with van der Waals surface area (Å²) in [6.07, 6.45) is 1.20. The number of hydrogen-bond donors (Lipinski definition) is 2. The Balaban J connectivity index is 2.09. The lowest BCUT2D eigenvalue weighted by molar-refractivity contribution is -0.123. The molecule has 1 heterocycles. The number of nitrogens with zero attached hydrogens (tertiary/aromatic N) is 1. The summed E-state index contributed by atoms with van der Waals surface area (Å²) in [5, 5.41) is 0.385. The molecular formula is C13H16ClN3O2. The molecule has 0 aromatic heterocycles. The van der Waals surface area contributed by atoms with Gasteiger partial charge in [-0.05, 0) is 31.0 Å². The van der Waals surface area contributed by atoms with E-state index in [1.54, 1.807) is 23.1 Å². The molecule has 1 aliphatic rings. The second-order valence-corrected chi connectivity index (χ2v) is 5.12. The smallest absolute Gasteiger partial charge is 0.255 e. The van der Waals surface area contributed by atoms with Crippen LogP contribution in [0, 0.1) is 5.92 Å². The van der Waals surface area contributed by atoms with E-state index in [0.717, 1.165) is 0 Å². The molecule has 19 heavy (non-hydrogen) atoms. The lowest BCUT2D eigenvalue weighted by Gasteiger charge is -2.30. The van der Waals surface area contributed by atoms with E-state index in [-0.39, 0.29) is 17.7 Å². The van der Waals surface area contributed by atoms with Crippen molar-refractivity contribution in [1.82, 2.24) is 4.90 Å². The molecule has 5 nitrogen and oxygen atoms in total. The number of amides is 2. The van der Waals surface area contributed by atoms with Crippen molar-refractivity contribution >= 4 is 29.1 Å². The topological polar surface area (TPSA) is 89.4 Å². The highest BCUT2D eigenvalue weighted by molar-refractivity contribution is 6.34. The third-order valence-corrected chi connectivity index (χ3v) is 3.73. The molecule has 6 heteroatoms. The van der Waals surface area contributed by atoms with E-state index in [9.17, 15) is 9.59 Å². The van der Waals surface area contributed by atoms with E-state index in [0.29, 0.717) is 42.2 Å². The Labute approximate surface area is 116 Å². The van der Waals surface area contributed by atoms with Gasteiger partial charge in [0.1, 0.15) is 0 Å². The average Bonchev–Trinajstić information content (AvgIpc) is 2.41. The number of piperidine rings is 1. The highest BCUT2D eigenvalue weighted by Gasteiger charge is 2.27. The Morgan fingerprint density at radius 1 is 1.26 bits per heavy atom. The van der Waals surface area contributed by atoms with Crippen molar-refractivity contribution in [2.24, 2.45) is 11.7 Å². The van der Waals surface area contributed by atoms with Crippen LogP contribution >= 0.6 is 11.6 Å². The third kappa shape index (κ3) is 2.98. The highest BCUT2D eigenvalue weighted by Crippen LogP contribution is 2.23. The Morgan fingerprint density at radius 3 is 2.47 bits per heavy atom. The second kappa shape index (κ2) is 5.48. The Bertz CT molecular complexity index is 511. The van der Waals surface area contributed by atoms with Gasteiger partial charge < -0.3 is 16.4 Å². The van der Waals surface area contributed by atoms with E-state index in [4.69, 9.17) is 23.1 Å². The molecule has 0 radical (unpaired) electrons. The molecule has 1 saturated heterocycles. The molecule has 1 fully saturated rings. The van der Waals surface area contributed by atoms with Crippen molar-refractivity contribution in [2.45, 2.75) is 12.8 Å². The van der Waals surface area contributed by atoms with Crippen LogP contribution < -0.4 is 11.5 Å². The van der Waals surface area contributed by atoms with Gasteiger partial charge in [-0.1, -0.05) is 11.6 Å². The lowest BCUT2D eigenvalue weighted by atomic mass is 9.96. The van der Waals surface area contributed by atoms with Crippen LogP contribution in [0.15, 0.2) is 18.2 Å². The second-order valence-electron chi connectivity index (χ2n) is 4.71. The molecule has 102 valence electrons. The van der Waals surface area contributed by atoms with Gasteiger partial charge in [0.25, 0.3) is 5.91 Å². The van der Waals surface area contributed by atoms with Gasteiger partial charge in [0.05, 0.1) is 10.6 Å². The fourth-order valence-corrected chi connectivity index (χ4v) is 2.44.